The maximum atomic E-state index is 12.3. The first kappa shape index (κ1) is 16.0. The lowest BCUT2D eigenvalue weighted by Crippen LogP contribution is -2.41. The van der Waals surface area contributed by atoms with Crippen LogP contribution in [0.3, 0.4) is 0 Å². The number of amidine groups is 1. The van der Waals surface area contributed by atoms with Crippen molar-refractivity contribution in [3.63, 3.8) is 0 Å². The van der Waals surface area contributed by atoms with Gasteiger partial charge in [-0.05, 0) is 25.0 Å². The maximum absolute atomic E-state index is 12.3. The van der Waals surface area contributed by atoms with E-state index in [1.54, 1.807) is 25.1 Å². The number of methoxy groups -OCH3 is 2. The molecule has 1 atom stereocenters. The number of rotatable bonds is 4. The molecule has 0 radical (unpaired) electrons. The van der Waals surface area contributed by atoms with Crippen molar-refractivity contribution in [3.8, 4) is 5.75 Å². The van der Waals surface area contributed by atoms with Crippen molar-refractivity contribution in [3.05, 3.63) is 29.3 Å². The highest BCUT2D eigenvalue weighted by atomic mass is 16.5. The molecular formula is C16H20N2O4. The van der Waals surface area contributed by atoms with Gasteiger partial charge in [-0.2, -0.15) is 0 Å². The third-order valence-electron chi connectivity index (χ3n) is 4.05. The van der Waals surface area contributed by atoms with Crippen LogP contribution in [0.4, 0.5) is 0 Å². The van der Waals surface area contributed by atoms with Gasteiger partial charge in [-0.3, -0.25) is 9.79 Å². The zero-order chi connectivity index (χ0) is 16.5. The molecule has 1 aromatic carbocycles. The first-order valence-corrected chi connectivity index (χ1v) is 7.02. The van der Waals surface area contributed by atoms with Crippen molar-refractivity contribution < 1.29 is 19.1 Å². The summed E-state index contributed by atoms with van der Waals surface area (Å²) < 4.78 is 10.1. The summed E-state index contributed by atoms with van der Waals surface area (Å²) in [5.74, 6) is 0.0958. The number of aliphatic imine (C=N–C) groups is 1. The third kappa shape index (κ3) is 2.45. The van der Waals surface area contributed by atoms with Gasteiger partial charge in [0.25, 0.3) is 5.91 Å². The Balaban J connectivity index is 2.62. The fourth-order valence-electron chi connectivity index (χ4n) is 2.28. The van der Waals surface area contributed by atoms with E-state index in [-0.39, 0.29) is 11.8 Å². The van der Waals surface area contributed by atoms with Gasteiger partial charge in [0.15, 0.2) is 0 Å². The molecule has 0 aromatic heterocycles. The largest absolute Gasteiger partial charge is 0.496 e. The molecule has 1 N–H and O–H groups in total. The van der Waals surface area contributed by atoms with E-state index in [1.165, 1.54) is 14.2 Å². The Kier molecular flexibility index (Phi) is 4.21. The maximum Gasteiger partial charge on any atom is 0.338 e. The van der Waals surface area contributed by atoms with Crippen LogP contribution >= 0.6 is 0 Å². The van der Waals surface area contributed by atoms with Crippen LogP contribution in [0.1, 0.15) is 36.7 Å². The van der Waals surface area contributed by atoms with Gasteiger partial charge >= 0.3 is 5.97 Å². The standard InChI is InChI=1S/C16H20N2O4/c1-9(2)16(3)15(20)17-13(18-16)12-10(14(19)22-5)7-6-8-11(12)21-4/h6-9H,1-5H3,(H,17,18,20). The minimum Gasteiger partial charge on any atom is -0.496 e. The normalized spacial score (nSPS) is 20.6. The smallest absolute Gasteiger partial charge is 0.338 e. The molecule has 6 heteroatoms. The number of nitrogens with one attached hydrogen (secondary N) is 1. The second kappa shape index (κ2) is 5.79. The second-order valence-electron chi connectivity index (χ2n) is 5.59. The van der Waals surface area contributed by atoms with Gasteiger partial charge in [-0.15, -0.1) is 0 Å². The fraction of sp³-hybridized carbons (Fsp3) is 0.438. The molecule has 0 spiro atoms. The number of hydrogen-bond donors (Lipinski definition) is 1. The minimum absolute atomic E-state index is 0.0151. The molecular weight excluding hydrogens is 284 g/mol. The van der Waals surface area contributed by atoms with Crippen LogP contribution in [-0.2, 0) is 9.53 Å². The summed E-state index contributed by atoms with van der Waals surface area (Å²) in [6.07, 6.45) is 0. The van der Waals surface area contributed by atoms with E-state index in [4.69, 9.17) is 9.47 Å². The molecule has 1 heterocycles. The Morgan fingerprint density at radius 3 is 2.50 bits per heavy atom. The van der Waals surface area contributed by atoms with Gasteiger partial charge < -0.3 is 14.8 Å². The predicted octanol–water partition coefficient (Wildman–Crippen LogP) is 1.77. The average molecular weight is 304 g/mol. The Labute approximate surface area is 129 Å². The molecule has 0 saturated heterocycles. The van der Waals surface area contributed by atoms with E-state index in [9.17, 15) is 9.59 Å². The molecule has 22 heavy (non-hydrogen) atoms. The molecule has 1 aliphatic rings. The molecule has 1 aliphatic heterocycles. The van der Waals surface area contributed by atoms with Gasteiger partial charge in [0.2, 0.25) is 0 Å². The van der Waals surface area contributed by atoms with E-state index in [0.717, 1.165) is 0 Å². The predicted molar refractivity (Wildman–Crippen MR) is 82.3 cm³/mol. The van der Waals surface area contributed by atoms with Gasteiger partial charge in [-0.1, -0.05) is 19.9 Å². The van der Waals surface area contributed by atoms with Crippen molar-refractivity contribution in [2.75, 3.05) is 14.2 Å². The Hall–Kier alpha value is -2.37. The zero-order valence-corrected chi connectivity index (χ0v) is 13.4. The van der Waals surface area contributed by atoms with Gasteiger partial charge in [0.05, 0.1) is 25.3 Å². The van der Waals surface area contributed by atoms with Crippen molar-refractivity contribution in [2.24, 2.45) is 10.9 Å². The van der Waals surface area contributed by atoms with Crippen LogP contribution < -0.4 is 10.1 Å². The molecule has 6 nitrogen and oxygen atoms in total. The van der Waals surface area contributed by atoms with E-state index in [2.05, 4.69) is 10.3 Å². The van der Waals surface area contributed by atoms with Crippen LogP contribution in [0.2, 0.25) is 0 Å². The molecule has 0 aliphatic carbocycles. The summed E-state index contributed by atoms with van der Waals surface area (Å²) in [6, 6.07) is 5.01. The quantitative estimate of drug-likeness (QED) is 0.860. The summed E-state index contributed by atoms with van der Waals surface area (Å²) in [5.41, 5.74) is -0.132. The molecule has 0 fully saturated rings. The molecule has 118 valence electrons. The molecule has 1 unspecified atom stereocenters. The number of nitrogens with zero attached hydrogens (tertiary/aromatic N) is 1. The molecule has 1 amide bonds. The van der Waals surface area contributed by atoms with E-state index in [1.807, 2.05) is 13.8 Å². The topological polar surface area (TPSA) is 77.0 Å². The summed E-state index contributed by atoms with van der Waals surface area (Å²) in [7, 11) is 2.80. The van der Waals surface area contributed by atoms with E-state index >= 15 is 0 Å². The Morgan fingerprint density at radius 1 is 1.32 bits per heavy atom. The van der Waals surface area contributed by atoms with Gasteiger partial charge in [-0.25, -0.2) is 4.79 Å². The summed E-state index contributed by atoms with van der Waals surface area (Å²) in [5, 5.41) is 2.76. The number of carbonyl (C=O) groups excluding carboxylic acids is 2. The summed E-state index contributed by atoms with van der Waals surface area (Å²) in [6.45, 7) is 5.62. The van der Waals surface area contributed by atoms with E-state index < -0.39 is 11.5 Å². The van der Waals surface area contributed by atoms with Crippen LogP contribution in [0.25, 0.3) is 0 Å². The second-order valence-corrected chi connectivity index (χ2v) is 5.59. The highest BCUT2D eigenvalue weighted by Crippen LogP contribution is 2.31. The number of esters is 1. The molecule has 2 rings (SSSR count). The van der Waals surface area contributed by atoms with Crippen LogP contribution in [-0.4, -0.2) is 37.5 Å². The van der Waals surface area contributed by atoms with Crippen molar-refractivity contribution >= 4 is 17.7 Å². The van der Waals surface area contributed by atoms with Crippen LogP contribution in [0.15, 0.2) is 23.2 Å². The highest BCUT2D eigenvalue weighted by Gasteiger charge is 2.43. The van der Waals surface area contributed by atoms with E-state index in [0.29, 0.717) is 22.7 Å². The first-order chi connectivity index (χ1) is 10.3. The average Bonchev–Trinajstić information content (AvgIpc) is 2.82. The summed E-state index contributed by atoms with van der Waals surface area (Å²) >= 11 is 0. The first-order valence-electron chi connectivity index (χ1n) is 7.02. The SMILES string of the molecule is COC(=O)c1cccc(OC)c1C1=NC(C)(C(C)C)C(=O)N1. The van der Waals surface area contributed by atoms with Gasteiger partial charge in [0, 0.05) is 0 Å². The fourth-order valence-corrected chi connectivity index (χ4v) is 2.28. The van der Waals surface area contributed by atoms with Crippen molar-refractivity contribution in [1.29, 1.82) is 0 Å². The molecule has 0 saturated carbocycles. The lowest BCUT2D eigenvalue weighted by molar-refractivity contribution is -0.124. The lowest BCUT2D eigenvalue weighted by Gasteiger charge is -2.21. The van der Waals surface area contributed by atoms with Crippen LogP contribution in [0, 0.1) is 5.92 Å². The number of amides is 1. The summed E-state index contributed by atoms with van der Waals surface area (Å²) in [4.78, 5) is 28.8. The number of carbonyl (C=O) groups is 2. The van der Waals surface area contributed by atoms with Crippen LogP contribution in [0.5, 0.6) is 5.75 Å². The number of hydrogen-bond acceptors (Lipinski definition) is 5. The van der Waals surface area contributed by atoms with Crippen molar-refractivity contribution in [1.82, 2.24) is 5.32 Å². The number of ether oxygens (including phenoxy) is 2. The molecule has 1 aromatic rings. The minimum atomic E-state index is -0.871. The van der Waals surface area contributed by atoms with Crippen molar-refractivity contribution in [2.45, 2.75) is 26.3 Å². The van der Waals surface area contributed by atoms with Gasteiger partial charge in [0.1, 0.15) is 17.1 Å². The zero-order valence-electron chi connectivity index (χ0n) is 13.4. The molecule has 0 bridgehead atoms. The highest BCUT2D eigenvalue weighted by molar-refractivity contribution is 6.19. The monoisotopic (exact) mass is 304 g/mol. The number of benzene rings is 1. The lowest BCUT2D eigenvalue weighted by atomic mass is 9.89. The third-order valence-corrected chi connectivity index (χ3v) is 4.05. The Morgan fingerprint density at radius 2 is 2.00 bits per heavy atom. The Bertz CT molecular complexity index is 652.